The highest BCUT2D eigenvalue weighted by Crippen LogP contribution is 2.32. The van der Waals surface area contributed by atoms with Gasteiger partial charge in [-0.2, -0.15) is 10.1 Å². The molecule has 9 nitrogen and oxygen atoms in total. The van der Waals surface area contributed by atoms with E-state index in [1.165, 1.54) is 6.33 Å². The summed E-state index contributed by atoms with van der Waals surface area (Å²) in [5.74, 6) is 0.409. The number of nitrogens with one attached hydrogen (secondary N) is 1. The molecule has 0 aliphatic carbocycles. The highest BCUT2D eigenvalue weighted by atomic mass is 16.4. The van der Waals surface area contributed by atoms with Crippen LogP contribution in [0.4, 0.5) is 11.8 Å². The molecule has 3 heterocycles. The van der Waals surface area contributed by atoms with Crippen LogP contribution in [0.5, 0.6) is 0 Å². The molecule has 134 valence electrons. The Hall–Kier alpha value is -3.20. The minimum Gasteiger partial charge on any atom is -0.424 e. The number of anilines is 2. The third-order valence-corrected chi connectivity index (χ3v) is 4.28. The molecule has 0 saturated heterocycles. The Balaban J connectivity index is 1.80. The van der Waals surface area contributed by atoms with E-state index in [9.17, 15) is 0 Å². The maximum Gasteiger partial charge on any atom is 0.292 e. The Kier molecular flexibility index (Phi) is 4.13. The highest BCUT2D eigenvalue weighted by molar-refractivity contribution is 5.99. The van der Waals surface area contributed by atoms with Crippen LogP contribution in [0.25, 0.3) is 33.4 Å². The van der Waals surface area contributed by atoms with Gasteiger partial charge in [0.1, 0.15) is 23.4 Å². The van der Waals surface area contributed by atoms with E-state index in [1.807, 2.05) is 29.9 Å². The van der Waals surface area contributed by atoms with Gasteiger partial charge in [0.2, 0.25) is 0 Å². The summed E-state index contributed by atoms with van der Waals surface area (Å²) in [6.45, 7) is 1.72. The van der Waals surface area contributed by atoms with E-state index in [0.717, 1.165) is 48.2 Å². The summed E-state index contributed by atoms with van der Waals surface area (Å²) in [6.07, 6.45) is 3.51. The molecule has 0 amide bonds. The number of aromatic nitrogens is 5. The van der Waals surface area contributed by atoms with Crippen molar-refractivity contribution in [2.75, 3.05) is 25.1 Å². The van der Waals surface area contributed by atoms with Crippen molar-refractivity contribution in [3.8, 4) is 11.3 Å². The van der Waals surface area contributed by atoms with Crippen molar-refractivity contribution in [3.63, 3.8) is 0 Å². The fourth-order valence-electron chi connectivity index (χ4n) is 3.04. The Bertz CT molecular complexity index is 1070. The number of rotatable bonds is 6. The number of hydrogen-bond donors (Lipinski definition) is 3. The average Bonchev–Trinajstić information content (AvgIpc) is 3.18. The summed E-state index contributed by atoms with van der Waals surface area (Å²) in [6, 6.07) is 5.76. The minimum atomic E-state index is 0.139. The number of fused-ring (bicyclic) bond motifs is 2. The topological polar surface area (TPSA) is 134 Å². The molecule has 0 aliphatic heterocycles. The lowest BCUT2D eigenvalue weighted by Crippen LogP contribution is -2.09. The zero-order chi connectivity index (χ0) is 18.1. The van der Waals surface area contributed by atoms with Gasteiger partial charge >= 0.3 is 0 Å². The highest BCUT2D eigenvalue weighted by Gasteiger charge is 2.17. The quantitative estimate of drug-likeness (QED) is 0.447. The molecule has 4 rings (SSSR count). The molecule has 1 aromatic carbocycles. The van der Waals surface area contributed by atoms with Crippen molar-refractivity contribution < 1.29 is 4.42 Å². The standard InChI is InChI=1S/C17H20N8O/c1-20-6-2-3-7-25-16-13(15(18)21-9-22-16)14(24-25)10-4-5-12-11(8-10)23-17(19)26-12/h4-5,8-9,20H,2-3,6-7H2,1H3,(H2,19,23)(H2,18,21,22). The molecule has 0 bridgehead atoms. The summed E-state index contributed by atoms with van der Waals surface area (Å²) in [5, 5.41) is 8.65. The van der Waals surface area contributed by atoms with E-state index < -0.39 is 0 Å². The van der Waals surface area contributed by atoms with Crippen LogP contribution in [0, 0.1) is 0 Å². The van der Waals surface area contributed by atoms with Crippen molar-refractivity contribution in [1.29, 1.82) is 0 Å². The van der Waals surface area contributed by atoms with Crippen LogP contribution in [0.2, 0.25) is 0 Å². The number of nitrogens with two attached hydrogens (primary N) is 2. The molecule has 5 N–H and O–H groups in total. The second kappa shape index (κ2) is 6.60. The maximum absolute atomic E-state index is 6.13. The number of nitrogens with zero attached hydrogens (tertiary/aromatic N) is 5. The van der Waals surface area contributed by atoms with Gasteiger partial charge in [-0.15, -0.1) is 0 Å². The van der Waals surface area contributed by atoms with Crippen LogP contribution in [-0.2, 0) is 6.54 Å². The predicted molar refractivity (Wildman–Crippen MR) is 100 cm³/mol. The lowest BCUT2D eigenvalue weighted by molar-refractivity contribution is 0.558. The molecule has 3 aromatic heterocycles. The number of benzene rings is 1. The third kappa shape index (κ3) is 2.82. The molecule has 0 spiro atoms. The van der Waals surface area contributed by atoms with E-state index in [4.69, 9.17) is 21.0 Å². The summed E-state index contributed by atoms with van der Waals surface area (Å²) in [5.41, 5.74) is 15.4. The zero-order valence-electron chi connectivity index (χ0n) is 14.4. The summed E-state index contributed by atoms with van der Waals surface area (Å²) < 4.78 is 7.23. The smallest absolute Gasteiger partial charge is 0.292 e. The third-order valence-electron chi connectivity index (χ3n) is 4.28. The summed E-state index contributed by atoms with van der Waals surface area (Å²) in [7, 11) is 1.95. The summed E-state index contributed by atoms with van der Waals surface area (Å²) in [4.78, 5) is 12.7. The van der Waals surface area contributed by atoms with Gasteiger partial charge < -0.3 is 21.2 Å². The molecule has 26 heavy (non-hydrogen) atoms. The van der Waals surface area contributed by atoms with Crippen molar-refractivity contribution in [2.45, 2.75) is 19.4 Å². The van der Waals surface area contributed by atoms with Crippen LogP contribution in [0.1, 0.15) is 12.8 Å². The number of unbranched alkanes of at least 4 members (excludes halogenated alkanes) is 1. The van der Waals surface area contributed by atoms with Gasteiger partial charge in [-0.3, -0.25) is 0 Å². The molecule has 0 atom stereocenters. The van der Waals surface area contributed by atoms with E-state index >= 15 is 0 Å². The number of oxazole rings is 1. The van der Waals surface area contributed by atoms with E-state index in [-0.39, 0.29) is 6.01 Å². The van der Waals surface area contributed by atoms with Crippen LogP contribution in [0.15, 0.2) is 28.9 Å². The first-order valence-corrected chi connectivity index (χ1v) is 8.45. The van der Waals surface area contributed by atoms with Gasteiger partial charge in [0.25, 0.3) is 6.01 Å². The lowest BCUT2D eigenvalue weighted by atomic mass is 10.1. The molecule has 4 aromatic rings. The van der Waals surface area contributed by atoms with Gasteiger partial charge in [0, 0.05) is 12.1 Å². The minimum absolute atomic E-state index is 0.139. The van der Waals surface area contributed by atoms with Crippen LogP contribution < -0.4 is 16.8 Å². The molecule has 0 aliphatic rings. The van der Waals surface area contributed by atoms with Gasteiger partial charge in [-0.25, -0.2) is 14.6 Å². The SMILES string of the molecule is CNCCCCn1nc(-c2ccc3oc(N)nc3c2)c2c(N)ncnc21. The van der Waals surface area contributed by atoms with Crippen molar-refractivity contribution in [1.82, 2.24) is 30.0 Å². The number of hydrogen-bond acceptors (Lipinski definition) is 8. The van der Waals surface area contributed by atoms with Gasteiger partial charge in [-0.1, -0.05) is 0 Å². The molecule has 0 fully saturated rings. The van der Waals surface area contributed by atoms with Crippen molar-refractivity contribution >= 4 is 34.0 Å². The van der Waals surface area contributed by atoms with Gasteiger partial charge in [0.15, 0.2) is 11.2 Å². The second-order valence-electron chi connectivity index (χ2n) is 6.07. The summed E-state index contributed by atoms with van der Waals surface area (Å²) >= 11 is 0. The number of nitrogen functional groups attached to an aromatic ring is 2. The van der Waals surface area contributed by atoms with E-state index in [1.54, 1.807) is 0 Å². The molecule has 9 heteroatoms. The van der Waals surface area contributed by atoms with Crippen molar-refractivity contribution in [2.24, 2.45) is 0 Å². The Morgan fingerprint density at radius 3 is 2.92 bits per heavy atom. The van der Waals surface area contributed by atoms with E-state index in [0.29, 0.717) is 16.9 Å². The van der Waals surface area contributed by atoms with Gasteiger partial charge in [0.05, 0.1) is 5.39 Å². The Morgan fingerprint density at radius 2 is 2.08 bits per heavy atom. The first-order valence-electron chi connectivity index (χ1n) is 8.45. The fraction of sp³-hybridized carbons (Fsp3) is 0.294. The van der Waals surface area contributed by atoms with Crippen LogP contribution in [-0.4, -0.2) is 38.3 Å². The zero-order valence-corrected chi connectivity index (χ0v) is 14.4. The Morgan fingerprint density at radius 1 is 1.19 bits per heavy atom. The van der Waals surface area contributed by atoms with E-state index in [2.05, 4.69) is 20.3 Å². The largest absolute Gasteiger partial charge is 0.424 e. The number of aryl methyl sites for hydroxylation is 1. The van der Waals surface area contributed by atoms with Crippen LogP contribution >= 0.6 is 0 Å². The average molecular weight is 352 g/mol. The van der Waals surface area contributed by atoms with Crippen molar-refractivity contribution in [3.05, 3.63) is 24.5 Å². The molecular formula is C17H20N8O. The molecule has 0 saturated carbocycles. The molecule has 0 radical (unpaired) electrons. The second-order valence-corrected chi connectivity index (χ2v) is 6.07. The predicted octanol–water partition coefficient (Wildman–Crippen LogP) is 1.80. The normalized spacial score (nSPS) is 11.6. The first kappa shape index (κ1) is 16.3. The molecule has 0 unspecified atom stereocenters. The lowest BCUT2D eigenvalue weighted by Gasteiger charge is -2.02. The Labute approximate surface area is 149 Å². The first-order chi connectivity index (χ1) is 12.7. The molecular weight excluding hydrogens is 332 g/mol. The van der Waals surface area contributed by atoms with Crippen LogP contribution in [0.3, 0.4) is 0 Å². The van der Waals surface area contributed by atoms with Gasteiger partial charge in [-0.05, 0) is 44.6 Å². The maximum atomic E-state index is 6.13. The fourth-order valence-corrected chi connectivity index (χ4v) is 3.04. The monoisotopic (exact) mass is 352 g/mol.